The summed E-state index contributed by atoms with van der Waals surface area (Å²) in [4.78, 5) is 13.1. The Bertz CT molecular complexity index is 358. The Morgan fingerprint density at radius 3 is 2.69 bits per heavy atom. The Morgan fingerprint density at radius 1 is 1.50 bits per heavy atom. The van der Waals surface area contributed by atoms with Crippen molar-refractivity contribution >= 4 is 17.2 Å². The van der Waals surface area contributed by atoms with Crippen LogP contribution >= 0.6 is 11.3 Å². The number of thiophene rings is 1. The van der Waals surface area contributed by atoms with E-state index in [1.165, 1.54) is 10.4 Å². The molecule has 0 bridgehead atoms. The molecule has 0 unspecified atom stereocenters. The van der Waals surface area contributed by atoms with E-state index in [1.807, 2.05) is 26.2 Å². The Labute approximate surface area is 101 Å². The fourth-order valence-corrected chi connectivity index (χ4v) is 2.33. The van der Waals surface area contributed by atoms with Crippen molar-refractivity contribution in [3.05, 3.63) is 21.9 Å². The molecule has 1 heterocycles. The van der Waals surface area contributed by atoms with Gasteiger partial charge in [-0.05, 0) is 44.3 Å². The fourth-order valence-electron chi connectivity index (χ4n) is 1.49. The van der Waals surface area contributed by atoms with E-state index < -0.39 is 5.54 Å². The third-order valence-corrected chi connectivity index (χ3v) is 3.59. The Morgan fingerprint density at radius 2 is 2.19 bits per heavy atom. The number of hydrogen-bond acceptors (Lipinski definition) is 3. The van der Waals surface area contributed by atoms with E-state index in [9.17, 15) is 4.79 Å². The molecule has 0 saturated carbocycles. The molecule has 0 atom stereocenters. The minimum atomic E-state index is -0.500. The molecule has 1 amide bonds. The van der Waals surface area contributed by atoms with Crippen LogP contribution < -0.4 is 10.6 Å². The van der Waals surface area contributed by atoms with Crippen molar-refractivity contribution in [1.82, 2.24) is 10.6 Å². The van der Waals surface area contributed by atoms with E-state index in [1.54, 1.807) is 11.3 Å². The molecule has 0 saturated heterocycles. The maximum absolute atomic E-state index is 11.9. The summed E-state index contributed by atoms with van der Waals surface area (Å²) in [6.45, 7) is 9.27. The van der Waals surface area contributed by atoms with Gasteiger partial charge < -0.3 is 10.6 Å². The average molecular weight is 240 g/mol. The lowest BCUT2D eigenvalue weighted by atomic mass is 10.0. The number of rotatable bonds is 5. The molecule has 3 nitrogen and oxygen atoms in total. The van der Waals surface area contributed by atoms with Gasteiger partial charge in [-0.25, -0.2) is 0 Å². The molecule has 0 radical (unpaired) electrons. The van der Waals surface area contributed by atoms with Gasteiger partial charge in [-0.2, -0.15) is 0 Å². The van der Waals surface area contributed by atoms with Gasteiger partial charge in [-0.1, -0.05) is 6.92 Å². The fraction of sp³-hybridized carbons (Fsp3) is 0.583. The number of hydrogen-bond donors (Lipinski definition) is 2. The first kappa shape index (κ1) is 13.2. The standard InChI is InChI=1S/C12H20N2OS/c1-5-14-12(3,4)11(15)13-8-10-9(2)6-7-16-10/h6-7,14H,5,8H2,1-4H3,(H,13,15). The summed E-state index contributed by atoms with van der Waals surface area (Å²) in [6.07, 6.45) is 0. The summed E-state index contributed by atoms with van der Waals surface area (Å²) in [5, 5.41) is 8.17. The van der Waals surface area contributed by atoms with Crippen LogP contribution in [0.3, 0.4) is 0 Å². The zero-order valence-electron chi connectivity index (χ0n) is 10.4. The highest BCUT2D eigenvalue weighted by Crippen LogP contribution is 2.15. The van der Waals surface area contributed by atoms with E-state index in [-0.39, 0.29) is 5.91 Å². The van der Waals surface area contributed by atoms with Crippen molar-refractivity contribution in [1.29, 1.82) is 0 Å². The van der Waals surface area contributed by atoms with E-state index in [2.05, 4.69) is 23.6 Å². The number of carbonyl (C=O) groups is 1. The molecule has 0 aliphatic rings. The van der Waals surface area contributed by atoms with Crippen LogP contribution in [0.15, 0.2) is 11.4 Å². The normalized spacial score (nSPS) is 11.5. The maximum Gasteiger partial charge on any atom is 0.240 e. The number of aryl methyl sites for hydroxylation is 1. The SMILES string of the molecule is CCNC(C)(C)C(=O)NCc1sccc1C. The lowest BCUT2D eigenvalue weighted by molar-refractivity contribution is -0.126. The van der Waals surface area contributed by atoms with Crippen molar-refractivity contribution < 1.29 is 4.79 Å². The van der Waals surface area contributed by atoms with Gasteiger partial charge in [-0.15, -0.1) is 11.3 Å². The van der Waals surface area contributed by atoms with Gasteiger partial charge in [0.15, 0.2) is 0 Å². The van der Waals surface area contributed by atoms with Crippen LogP contribution in [-0.2, 0) is 11.3 Å². The molecular weight excluding hydrogens is 220 g/mol. The molecule has 0 aliphatic carbocycles. The van der Waals surface area contributed by atoms with Crippen molar-refractivity contribution in [2.45, 2.75) is 39.8 Å². The molecule has 2 N–H and O–H groups in total. The summed E-state index contributed by atoms with van der Waals surface area (Å²) in [5.41, 5.74) is 0.742. The van der Waals surface area contributed by atoms with Crippen LogP contribution in [-0.4, -0.2) is 18.0 Å². The highest BCUT2D eigenvalue weighted by molar-refractivity contribution is 7.10. The first-order chi connectivity index (χ1) is 7.47. The van der Waals surface area contributed by atoms with Gasteiger partial charge in [0.2, 0.25) is 5.91 Å². The number of nitrogens with one attached hydrogen (secondary N) is 2. The minimum Gasteiger partial charge on any atom is -0.350 e. The summed E-state index contributed by atoms with van der Waals surface area (Å²) in [6, 6.07) is 2.07. The highest BCUT2D eigenvalue weighted by Gasteiger charge is 2.25. The lowest BCUT2D eigenvalue weighted by Gasteiger charge is -2.24. The quantitative estimate of drug-likeness (QED) is 0.827. The zero-order valence-corrected chi connectivity index (χ0v) is 11.2. The summed E-state index contributed by atoms with van der Waals surface area (Å²) in [5.74, 6) is 0.0437. The first-order valence-electron chi connectivity index (χ1n) is 5.53. The molecule has 1 aromatic heterocycles. The van der Waals surface area contributed by atoms with E-state index in [0.717, 1.165) is 6.54 Å². The second-order valence-corrected chi connectivity index (χ2v) is 5.37. The van der Waals surface area contributed by atoms with Gasteiger partial charge >= 0.3 is 0 Å². The maximum atomic E-state index is 11.9. The highest BCUT2D eigenvalue weighted by atomic mass is 32.1. The predicted molar refractivity (Wildman–Crippen MR) is 68.7 cm³/mol. The monoisotopic (exact) mass is 240 g/mol. The molecule has 0 aliphatic heterocycles. The summed E-state index contributed by atoms with van der Waals surface area (Å²) < 4.78 is 0. The van der Waals surface area contributed by atoms with E-state index in [0.29, 0.717) is 6.54 Å². The van der Waals surface area contributed by atoms with Crippen LogP contribution in [0, 0.1) is 6.92 Å². The van der Waals surface area contributed by atoms with Crippen molar-refractivity contribution in [2.75, 3.05) is 6.54 Å². The summed E-state index contributed by atoms with van der Waals surface area (Å²) in [7, 11) is 0. The van der Waals surface area contributed by atoms with Crippen LogP contribution in [0.2, 0.25) is 0 Å². The first-order valence-corrected chi connectivity index (χ1v) is 6.41. The third kappa shape index (κ3) is 3.32. The minimum absolute atomic E-state index is 0.0437. The van der Waals surface area contributed by atoms with Gasteiger partial charge in [0.05, 0.1) is 12.1 Å². The van der Waals surface area contributed by atoms with Crippen molar-refractivity contribution in [3.63, 3.8) is 0 Å². The zero-order chi connectivity index (χ0) is 12.2. The van der Waals surface area contributed by atoms with E-state index in [4.69, 9.17) is 0 Å². The topological polar surface area (TPSA) is 41.1 Å². The molecule has 0 spiro atoms. The summed E-state index contributed by atoms with van der Waals surface area (Å²) >= 11 is 1.68. The number of amides is 1. The predicted octanol–water partition coefficient (Wildman–Crippen LogP) is 2.06. The second kappa shape index (κ2) is 5.46. The van der Waals surface area contributed by atoms with Crippen molar-refractivity contribution in [3.8, 4) is 0 Å². The van der Waals surface area contributed by atoms with Crippen LogP contribution in [0.1, 0.15) is 31.2 Å². The second-order valence-electron chi connectivity index (χ2n) is 4.36. The van der Waals surface area contributed by atoms with Crippen LogP contribution in [0.5, 0.6) is 0 Å². The number of likely N-dealkylation sites (N-methyl/N-ethyl adjacent to an activating group) is 1. The molecular formula is C12H20N2OS. The molecule has 1 aromatic rings. The molecule has 16 heavy (non-hydrogen) atoms. The van der Waals surface area contributed by atoms with Crippen LogP contribution in [0.25, 0.3) is 0 Å². The average Bonchev–Trinajstić information content (AvgIpc) is 2.60. The Balaban J connectivity index is 2.50. The van der Waals surface area contributed by atoms with E-state index >= 15 is 0 Å². The molecule has 90 valence electrons. The Hall–Kier alpha value is -0.870. The van der Waals surface area contributed by atoms with Gasteiger partial charge in [0, 0.05) is 4.88 Å². The van der Waals surface area contributed by atoms with Gasteiger partial charge in [0.25, 0.3) is 0 Å². The largest absolute Gasteiger partial charge is 0.350 e. The van der Waals surface area contributed by atoms with Crippen LogP contribution in [0.4, 0.5) is 0 Å². The Kier molecular flexibility index (Phi) is 4.50. The van der Waals surface area contributed by atoms with Gasteiger partial charge in [0.1, 0.15) is 0 Å². The van der Waals surface area contributed by atoms with Crippen molar-refractivity contribution in [2.24, 2.45) is 0 Å². The smallest absolute Gasteiger partial charge is 0.240 e. The molecule has 0 fully saturated rings. The third-order valence-electron chi connectivity index (χ3n) is 2.56. The number of carbonyl (C=O) groups excluding carboxylic acids is 1. The lowest BCUT2D eigenvalue weighted by Crippen LogP contribution is -2.52. The molecule has 1 rings (SSSR count). The molecule has 4 heteroatoms. The molecule has 0 aromatic carbocycles. The van der Waals surface area contributed by atoms with Gasteiger partial charge in [-0.3, -0.25) is 4.79 Å².